The van der Waals surface area contributed by atoms with Crippen molar-refractivity contribution in [2.45, 2.75) is 18.9 Å². The van der Waals surface area contributed by atoms with Crippen molar-refractivity contribution in [3.05, 3.63) is 35.4 Å². The molecule has 1 aromatic carbocycles. The van der Waals surface area contributed by atoms with Crippen molar-refractivity contribution in [1.29, 1.82) is 0 Å². The molecule has 3 nitrogen and oxygen atoms in total. The number of rotatable bonds is 2. The molecule has 5 heteroatoms. The van der Waals surface area contributed by atoms with Crippen molar-refractivity contribution in [2.75, 3.05) is 26.2 Å². The topological polar surface area (TPSA) is 23.6 Å². The molecular weight excluding hydrogens is 250 g/mol. The summed E-state index contributed by atoms with van der Waals surface area (Å²) in [5.74, 6) is -2.10. The van der Waals surface area contributed by atoms with Gasteiger partial charge in [0.2, 0.25) is 0 Å². The maximum atomic E-state index is 13.1. The van der Waals surface area contributed by atoms with E-state index in [4.69, 9.17) is 0 Å². The van der Waals surface area contributed by atoms with E-state index in [-0.39, 0.29) is 11.5 Å². The third-order valence-electron chi connectivity index (χ3n) is 3.83. The average molecular weight is 266 g/mol. The Kier molecular flexibility index (Phi) is 3.22. The van der Waals surface area contributed by atoms with Gasteiger partial charge < -0.3 is 4.90 Å². The number of piperazine rings is 1. The second kappa shape index (κ2) is 4.89. The fourth-order valence-electron chi connectivity index (χ4n) is 2.54. The number of halogens is 2. The zero-order chi connectivity index (χ0) is 13.4. The van der Waals surface area contributed by atoms with Crippen LogP contribution in [-0.4, -0.2) is 47.9 Å². The minimum absolute atomic E-state index is 0.214. The van der Waals surface area contributed by atoms with E-state index < -0.39 is 11.6 Å². The van der Waals surface area contributed by atoms with Gasteiger partial charge in [-0.05, 0) is 31.0 Å². The Morgan fingerprint density at radius 3 is 2.32 bits per heavy atom. The molecule has 1 saturated heterocycles. The van der Waals surface area contributed by atoms with Gasteiger partial charge >= 0.3 is 0 Å². The molecule has 2 aliphatic rings. The summed E-state index contributed by atoms with van der Waals surface area (Å²) in [6.45, 7) is 3.07. The highest BCUT2D eigenvalue weighted by Gasteiger charge is 2.32. The molecule has 1 aromatic rings. The van der Waals surface area contributed by atoms with Gasteiger partial charge in [0.05, 0.1) is 0 Å². The number of nitrogens with zero attached hydrogens (tertiary/aromatic N) is 2. The highest BCUT2D eigenvalue weighted by Crippen LogP contribution is 2.27. The van der Waals surface area contributed by atoms with Crippen molar-refractivity contribution in [3.63, 3.8) is 0 Å². The van der Waals surface area contributed by atoms with Crippen molar-refractivity contribution < 1.29 is 13.6 Å². The SMILES string of the molecule is O=C(c1ccc(F)c(F)c1)N1CCN(C2CC2)CC1. The molecule has 1 amide bonds. The van der Waals surface area contributed by atoms with E-state index in [0.29, 0.717) is 19.1 Å². The third kappa shape index (κ3) is 2.61. The second-order valence-corrected chi connectivity index (χ2v) is 5.19. The molecular formula is C14H16F2N2O. The van der Waals surface area contributed by atoms with Gasteiger partial charge in [0.1, 0.15) is 0 Å². The molecule has 0 bridgehead atoms. The van der Waals surface area contributed by atoms with Crippen molar-refractivity contribution in [3.8, 4) is 0 Å². The Balaban J connectivity index is 1.65. The molecule has 102 valence electrons. The minimum atomic E-state index is -0.970. The third-order valence-corrected chi connectivity index (χ3v) is 3.83. The number of carbonyl (C=O) groups is 1. The first kappa shape index (κ1) is 12.5. The maximum Gasteiger partial charge on any atom is 0.254 e. The number of amides is 1. The van der Waals surface area contributed by atoms with Gasteiger partial charge in [0, 0.05) is 37.8 Å². The Labute approximate surface area is 110 Å². The fourth-order valence-corrected chi connectivity index (χ4v) is 2.54. The predicted octanol–water partition coefficient (Wildman–Crippen LogP) is 1.89. The van der Waals surface area contributed by atoms with Crippen LogP contribution in [0, 0.1) is 11.6 Å². The van der Waals surface area contributed by atoms with Gasteiger partial charge in [-0.2, -0.15) is 0 Å². The first-order valence-corrected chi connectivity index (χ1v) is 6.63. The maximum absolute atomic E-state index is 13.1. The molecule has 0 atom stereocenters. The molecule has 1 heterocycles. The molecule has 1 saturated carbocycles. The molecule has 0 aromatic heterocycles. The standard InChI is InChI=1S/C14H16F2N2O/c15-12-4-1-10(9-13(12)16)14(19)18-7-5-17(6-8-18)11-2-3-11/h1,4,9,11H,2-3,5-8H2. The van der Waals surface area contributed by atoms with Gasteiger partial charge in [0.15, 0.2) is 11.6 Å². The molecule has 19 heavy (non-hydrogen) atoms. The van der Waals surface area contributed by atoms with Crippen molar-refractivity contribution in [1.82, 2.24) is 9.80 Å². The summed E-state index contributed by atoms with van der Waals surface area (Å²) in [5.41, 5.74) is 0.221. The van der Waals surface area contributed by atoms with Crippen LogP contribution in [0.2, 0.25) is 0 Å². The van der Waals surface area contributed by atoms with Crippen LogP contribution in [0.25, 0.3) is 0 Å². The summed E-state index contributed by atoms with van der Waals surface area (Å²) in [5, 5.41) is 0. The van der Waals surface area contributed by atoms with E-state index in [9.17, 15) is 13.6 Å². The van der Waals surface area contributed by atoms with Crippen LogP contribution in [0.3, 0.4) is 0 Å². The van der Waals surface area contributed by atoms with Crippen LogP contribution in [0.15, 0.2) is 18.2 Å². The highest BCUT2D eigenvalue weighted by atomic mass is 19.2. The van der Waals surface area contributed by atoms with E-state index in [1.165, 1.54) is 18.9 Å². The van der Waals surface area contributed by atoms with Crippen LogP contribution < -0.4 is 0 Å². The molecule has 0 N–H and O–H groups in total. The molecule has 1 aliphatic carbocycles. The summed E-state index contributed by atoms with van der Waals surface area (Å²) in [6.07, 6.45) is 2.52. The van der Waals surface area contributed by atoms with Crippen LogP contribution in [-0.2, 0) is 0 Å². The smallest absolute Gasteiger partial charge is 0.254 e. The van der Waals surface area contributed by atoms with Gasteiger partial charge in [0.25, 0.3) is 5.91 Å². The molecule has 0 spiro atoms. The normalized spacial score (nSPS) is 20.6. The van der Waals surface area contributed by atoms with E-state index in [1.54, 1.807) is 4.90 Å². The first-order chi connectivity index (χ1) is 9.15. The summed E-state index contributed by atoms with van der Waals surface area (Å²) in [6, 6.07) is 4.03. The lowest BCUT2D eigenvalue weighted by molar-refractivity contribution is 0.0626. The monoisotopic (exact) mass is 266 g/mol. The quantitative estimate of drug-likeness (QED) is 0.816. The summed E-state index contributed by atoms with van der Waals surface area (Å²) in [7, 11) is 0. The Bertz CT molecular complexity index is 494. The van der Waals surface area contributed by atoms with E-state index in [1.807, 2.05) is 0 Å². The summed E-state index contributed by atoms with van der Waals surface area (Å²) in [4.78, 5) is 16.3. The van der Waals surface area contributed by atoms with Gasteiger partial charge in [-0.25, -0.2) is 8.78 Å². The van der Waals surface area contributed by atoms with Crippen LogP contribution in [0.1, 0.15) is 23.2 Å². The second-order valence-electron chi connectivity index (χ2n) is 5.19. The minimum Gasteiger partial charge on any atom is -0.336 e. The molecule has 0 radical (unpaired) electrons. The molecule has 3 rings (SSSR count). The lowest BCUT2D eigenvalue weighted by atomic mass is 10.1. The Hall–Kier alpha value is -1.49. The summed E-state index contributed by atoms with van der Waals surface area (Å²) < 4.78 is 26.0. The molecule has 0 unspecified atom stereocenters. The number of hydrogen-bond donors (Lipinski definition) is 0. The largest absolute Gasteiger partial charge is 0.336 e. The predicted molar refractivity (Wildman–Crippen MR) is 66.9 cm³/mol. The lowest BCUT2D eigenvalue weighted by Gasteiger charge is -2.34. The van der Waals surface area contributed by atoms with Crippen molar-refractivity contribution >= 4 is 5.91 Å². The molecule has 2 fully saturated rings. The van der Waals surface area contributed by atoms with E-state index in [2.05, 4.69) is 4.90 Å². The van der Waals surface area contributed by atoms with Gasteiger partial charge in [-0.3, -0.25) is 9.69 Å². The Morgan fingerprint density at radius 1 is 1.05 bits per heavy atom. The molecule has 1 aliphatic heterocycles. The van der Waals surface area contributed by atoms with Gasteiger partial charge in [-0.1, -0.05) is 0 Å². The van der Waals surface area contributed by atoms with E-state index in [0.717, 1.165) is 25.2 Å². The van der Waals surface area contributed by atoms with Crippen molar-refractivity contribution in [2.24, 2.45) is 0 Å². The number of hydrogen-bond acceptors (Lipinski definition) is 2. The number of benzene rings is 1. The van der Waals surface area contributed by atoms with Crippen LogP contribution in [0.4, 0.5) is 8.78 Å². The number of carbonyl (C=O) groups excluding carboxylic acids is 1. The zero-order valence-corrected chi connectivity index (χ0v) is 10.6. The Morgan fingerprint density at radius 2 is 1.74 bits per heavy atom. The van der Waals surface area contributed by atoms with Crippen LogP contribution >= 0.6 is 0 Å². The van der Waals surface area contributed by atoms with E-state index >= 15 is 0 Å². The average Bonchev–Trinajstić information content (AvgIpc) is 3.26. The lowest BCUT2D eigenvalue weighted by Crippen LogP contribution is -2.49. The first-order valence-electron chi connectivity index (χ1n) is 6.63. The van der Waals surface area contributed by atoms with Crippen LogP contribution in [0.5, 0.6) is 0 Å². The summed E-state index contributed by atoms with van der Waals surface area (Å²) >= 11 is 0. The fraction of sp³-hybridized carbons (Fsp3) is 0.500. The highest BCUT2D eigenvalue weighted by molar-refractivity contribution is 5.94. The zero-order valence-electron chi connectivity index (χ0n) is 10.6. The van der Waals surface area contributed by atoms with Gasteiger partial charge in [-0.15, -0.1) is 0 Å².